The molecule has 2 heterocycles. The monoisotopic (exact) mass is 392 g/mol. The van der Waals surface area contributed by atoms with Crippen molar-refractivity contribution < 1.29 is 13.9 Å². The van der Waals surface area contributed by atoms with Crippen molar-refractivity contribution in [3.8, 4) is 17.2 Å². The molecule has 0 aliphatic carbocycles. The maximum Gasteiger partial charge on any atom is 0.168 e. The van der Waals surface area contributed by atoms with Gasteiger partial charge in [0.2, 0.25) is 0 Å². The minimum Gasteiger partial charge on any atom is -0.497 e. The lowest BCUT2D eigenvalue weighted by Crippen LogP contribution is -2.00. The first-order chi connectivity index (χ1) is 14.2. The number of hydrogen-bond donors (Lipinski definition) is 1. The Morgan fingerprint density at radius 3 is 2.69 bits per heavy atom. The average molecular weight is 392 g/mol. The van der Waals surface area contributed by atoms with Crippen LogP contribution in [0.5, 0.6) is 11.5 Å². The first-order valence-electron chi connectivity index (χ1n) is 8.65. The molecular weight excluding hydrogens is 375 g/mol. The van der Waals surface area contributed by atoms with E-state index in [0.717, 1.165) is 5.69 Å². The van der Waals surface area contributed by atoms with Gasteiger partial charge in [0.15, 0.2) is 11.5 Å². The fourth-order valence-electron chi connectivity index (χ4n) is 2.77. The van der Waals surface area contributed by atoms with Crippen LogP contribution in [0.1, 0.15) is 5.56 Å². The van der Waals surface area contributed by atoms with Crippen LogP contribution in [0.4, 0.5) is 10.2 Å². The van der Waals surface area contributed by atoms with E-state index in [9.17, 15) is 4.39 Å². The zero-order valence-electron chi connectivity index (χ0n) is 15.7. The molecule has 0 saturated heterocycles. The molecule has 0 amide bonds. The van der Waals surface area contributed by atoms with Gasteiger partial charge in [-0.1, -0.05) is 6.07 Å². The van der Waals surface area contributed by atoms with Crippen LogP contribution in [0, 0.1) is 5.82 Å². The normalized spacial score (nSPS) is 11.1. The Morgan fingerprint density at radius 1 is 1.07 bits per heavy atom. The van der Waals surface area contributed by atoms with Crippen molar-refractivity contribution in [1.82, 2.24) is 19.7 Å². The van der Waals surface area contributed by atoms with Crippen molar-refractivity contribution in [2.45, 2.75) is 0 Å². The summed E-state index contributed by atoms with van der Waals surface area (Å²) < 4.78 is 26.0. The van der Waals surface area contributed by atoms with Gasteiger partial charge in [-0.3, -0.25) is 5.43 Å². The fourth-order valence-corrected chi connectivity index (χ4v) is 2.77. The van der Waals surface area contributed by atoms with Crippen molar-refractivity contribution in [1.29, 1.82) is 0 Å². The van der Waals surface area contributed by atoms with Crippen LogP contribution in [0.2, 0.25) is 0 Å². The van der Waals surface area contributed by atoms with E-state index in [1.165, 1.54) is 25.7 Å². The number of nitrogens with zero attached hydrogens (tertiary/aromatic N) is 5. The van der Waals surface area contributed by atoms with Gasteiger partial charge in [0.25, 0.3) is 0 Å². The number of methoxy groups -OCH3 is 2. The maximum atomic E-state index is 14.0. The third kappa shape index (κ3) is 3.70. The zero-order valence-corrected chi connectivity index (χ0v) is 15.7. The van der Waals surface area contributed by atoms with Crippen LogP contribution in [0.25, 0.3) is 16.7 Å². The highest BCUT2D eigenvalue weighted by molar-refractivity contribution is 5.88. The molecule has 0 fully saturated rings. The van der Waals surface area contributed by atoms with Gasteiger partial charge in [0, 0.05) is 17.7 Å². The lowest BCUT2D eigenvalue weighted by molar-refractivity contribution is 0.411. The molecule has 0 atom stereocenters. The van der Waals surface area contributed by atoms with Crippen molar-refractivity contribution >= 4 is 23.1 Å². The van der Waals surface area contributed by atoms with Crippen LogP contribution >= 0.6 is 0 Å². The molecule has 2 aromatic carbocycles. The molecule has 4 rings (SSSR count). The van der Waals surface area contributed by atoms with E-state index in [2.05, 4.69) is 25.6 Å². The number of ether oxygens (including phenoxy) is 2. The van der Waals surface area contributed by atoms with Crippen LogP contribution in [-0.4, -0.2) is 40.2 Å². The van der Waals surface area contributed by atoms with E-state index in [0.29, 0.717) is 33.9 Å². The van der Waals surface area contributed by atoms with Gasteiger partial charge in [-0.05, 0) is 24.3 Å². The molecule has 146 valence electrons. The number of nitrogens with one attached hydrogen (secondary N) is 1. The van der Waals surface area contributed by atoms with E-state index in [1.54, 1.807) is 30.1 Å². The Balaban J connectivity index is 1.61. The van der Waals surface area contributed by atoms with Gasteiger partial charge < -0.3 is 9.47 Å². The average Bonchev–Trinajstić information content (AvgIpc) is 3.20. The Hall–Kier alpha value is -4.01. The van der Waals surface area contributed by atoms with Crippen LogP contribution < -0.4 is 14.9 Å². The van der Waals surface area contributed by atoms with Crippen molar-refractivity contribution in [2.75, 3.05) is 19.6 Å². The highest BCUT2D eigenvalue weighted by Crippen LogP contribution is 2.23. The Kier molecular flexibility index (Phi) is 5.02. The first-order valence-corrected chi connectivity index (χ1v) is 8.65. The minimum atomic E-state index is -0.437. The summed E-state index contributed by atoms with van der Waals surface area (Å²) in [6.07, 6.45) is 4.42. The predicted molar refractivity (Wildman–Crippen MR) is 107 cm³/mol. The standard InChI is InChI=1S/C20H17FN6O2/c1-28-15-5-3-4-14(8-15)27-20-17(11-25-27)19(22-12-23-20)26-24-10-13-6-7-16(29-2)9-18(13)21/h3-12H,1-2H3,(H,22,23,26). The van der Waals surface area contributed by atoms with E-state index in [-0.39, 0.29) is 0 Å². The summed E-state index contributed by atoms with van der Waals surface area (Å²) in [7, 11) is 3.09. The molecule has 1 N–H and O–H groups in total. The van der Waals surface area contributed by atoms with Gasteiger partial charge in [-0.2, -0.15) is 10.2 Å². The maximum absolute atomic E-state index is 14.0. The second-order valence-corrected chi connectivity index (χ2v) is 5.97. The van der Waals surface area contributed by atoms with Crippen molar-refractivity contribution in [3.63, 3.8) is 0 Å². The Morgan fingerprint density at radius 2 is 1.90 bits per heavy atom. The predicted octanol–water partition coefficient (Wildman–Crippen LogP) is 3.42. The van der Waals surface area contributed by atoms with E-state index in [4.69, 9.17) is 9.47 Å². The Bertz CT molecular complexity index is 1190. The van der Waals surface area contributed by atoms with Crippen LogP contribution in [0.3, 0.4) is 0 Å². The summed E-state index contributed by atoms with van der Waals surface area (Å²) in [5.74, 6) is 1.17. The van der Waals surface area contributed by atoms with Gasteiger partial charge in [0.05, 0.1) is 37.7 Å². The summed E-state index contributed by atoms with van der Waals surface area (Å²) in [5.41, 5.74) is 4.53. The van der Waals surface area contributed by atoms with Gasteiger partial charge in [-0.15, -0.1) is 0 Å². The molecule has 8 nitrogen and oxygen atoms in total. The molecule has 0 unspecified atom stereocenters. The number of benzene rings is 2. The fraction of sp³-hybridized carbons (Fsp3) is 0.100. The molecule has 4 aromatic rings. The van der Waals surface area contributed by atoms with E-state index >= 15 is 0 Å². The number of anilines is 1. The molecule has 0 saturated carbocycles. The molecule has 2 aromatic heterocycles. The second-order valence-electron chi connectivity index (χ2n) is 5.97. The lowest BCUT2D eigenvalue weighted by Gasteiger charge is -2.06. The number of aromatic nitrogens is 4. The SMILES string of the molecule is COc1cccc(-n2ncc3c(NN=Cc4ccc(OC)cc4F)ncnc32)c1. The number of fused-ring (bicyclic) bond motifs is 1. The summed E-state index contributed by atoms with van der Waals surface area (Å²) in [6, 6.07) is 12.0. The molecule has 0 bridgehead atoms. The van der Waals surface area contributed by atoms with Crippen molar-refractivity contribution in [2.24, 2.45) is 5.10 Å². The summed E-state index contributed by atoms with van der Waals surface area (Å²) in [4.78, 5) is 8.52. The molecule has 29 heavy (non-hydrogen) atoms. The highest BCUT2D eigenvalue weighted by Gasteiger charge is 2.11. The molecule has 0 spiro atoms. The van der Waals surface area contributed by atoms with E-state index < -0.39 is 5.82 Å². The number of rotatable bonds is 6. The smallest absolute Gasteiger partial charge is 0.168 e. The number of hydrogen-bond acceptors (Lipinski definition) is 7. The van der Waals surface area contributed by atoms with Crippen molar-refractivity contribution in [3.05, 3.63) is 66.4 Å². The quantitative estimate of drug-likeness (QED) is 0.400. The topological polar surface area (TPSA) is 86.5 Å². The van der Waals surface area contributed by atoms with Crippen LogP contribution in [0.15, 0.2) is 60.1 Å². The molecule has 0 radical (unpaired) electrons. The summed E-state index contributed by atoms with van der Waals surface area (Å²) in [5, 5.41) is 9.15. The molecule has 0 aliphatic rings. The molecule has 0 aliphatic heterocycles. The largest absolute Gasteiger partial charge is 0.497 e. The molecular formula is C20H17FN6O2. The zero-order chi connectivity index (χ0) is 20.2. The third-order valence-electron chi connectivity index (χ3n) is 4.25. The van der Waals surface area contributed by atoms with E-state index in [1.807, 2.05) is 24.3 Å². The number of hydrazone groups is 1. The van der Waals surface area contributed by atoms with Gasteiger partial charge in [-0.25, -0.2) is 19.0 Å². The minimum absolute atomic E-state index is 0.315. The molecule has 9 heteroatoms. The van der Waals surface area contributed by atoms with Crippen LogP contribution in [-0.2, 0) is 0 Å². The summed E-state index contributed by atoms with van der Waals surface area (Å²) >= 11 is 0. The Labute approximate surface area is 165 Å². The first kappa shape index (κ1) is 18.4. The highest BCUT2D eigenvalue weighted by atomic mass is 19.1. The number of halogens is 1. The van der Waals surface area contributed by atoms with Gasteiger partial charge >= 0.3 is 0 Å². The third-order valence-corrected chi connectivity index (χ3v) is 4.25. The lowest BCUT2D eigenvalue weighted by atomic mass is 10.2. The van der Waals surface area contributed by atoms with Gasteiger partial charge in [0.1, 0.15) is 23.6 Å². The summed E-state index contributed by atoms with van der Waals surface area (Å²) in [6.45, 7) is 0. The second kappa shape index (κ2) is 7.93.